The van der Waals surface area contributed by atoms with E-state index in [1.54, 1.807) is 7.11 Å². The Hall–Kier alpha value is -2.72. The Kier molecular flexibility index (Phi) is 4.12. The SMILES string of the molecule is COc1ccc(-c2cc(CN)nc(-c3ccccc3)n2)cc1. The molecule has 0 bridgehead atoms. The van der Waals surface area contributed by atoms with Crippen LogP contribution in [0.15, 0.2) is 60.7 Å². The van der Waals surface area contributed by atoms with Crippen LogP contribution in [0, 0.1) is 0 Å². The first-order valence-corrected chi connectivity index (χ1v) is 7.08. The Bertz CT molecular complexity index is 755. The predicted molar refractivity (Wildman–Crippen MR) is 87.3 cm³/mol. The minimum absolute atomic E-state index is 0.380. The zero-order chi connectivity index (χ0) is 15.4. The number of hydrogen-bond donors (Lipinski definition) is 1. The number of benzene rings is 2. The van der Waals surface area contributed by atoms with Gasteiger partial charge in [0, 0.05) is 17.7 Å². The molecule has 4 nitrogen and oxygen atoms in total. The molecule has 0 spiro atoms. The molecule has 110 valence electrons. The minimum atomic E-state index is 0.380. The van der Waals surface area contributed by atoms with E-state index in [1.165, 1.54) is 0 Å². The van der Waals surface area contributed by atoms with Crippen LogP contribution in [0.25, 0.3) is 22.6 Å². The molecule has 2 N–H and O–H groups in total. The molecule has 0 amide bonds. The van der Waals surface area contributed by atoms with E-state index in [-0.39, 0.29) is 0 Å². The van der Waals surface area contributed by atoms with Gasteiger partial charge in [0.05, 0.1) is 18.5 Å². The smallest absolute Gasteiger partial charge is 0.160 e. The maximum atomic E-state index is 5.78. The van der Waals surface area contributed by atoms with Crippen LogP contribution in [0.3, 0.4) is 0 Å². The first-order chi connectivity index (χ1) is 10.8. The Labute approximate surface area is 129 Å². The van der Waals surface area contributed by atoms with Crippen LogP contribution in [0.4, 0.5) is 0 Å². The van der Waals surface area contributed by atoms with Crippen molar-refractivity contribution in [1.29, 1.82) is 0 Å². The minimum Gasteiger partial charge on any atom is -0.497 e. The standard InChI is InChI=1S/C18H17N3O/c1-22-16-9-7-13(8-10-16)17-11-15(12-19)20-18(21-17)14-5-3-2-4-6-14/h2-11H,12,19H2,1H3. The summed E-state index contributed by atoms with van der Waals surface area (Å²) >= 11 is 0. The van der Waals surface area contributed by atoms with E-state index in [0.29, 0.717) is 12.4 Å². The number of rotatable bonds is 4. The highest BCUT2D eigenvalue weighted by molar-refractivity contribution is 5.64. The maximum absolute atomic E-state index is 5.78. The summed E-state index contributed by atoms with van der Waals surface area (Å²) in [7, 11) is 1.65. The van der Waals surface area contributed by atoms with Gasteiger partial charge in [0.25, 0.3) is 0 Å². The fraction of sp³-hybridized carbons (Fsp3) is 0.111. The summed E-state index contributed by atoms with van der Waals surface area (Å²) in [6, 6.07) is 19.6. The quantitative estimate of drug-likeness (QED) is 0.801. The summed E-state index contributed by atoms with van der Waals surface area (Å²) < 4.78 is 5.19. The fourth-order valence-electron chi connectivity index (χ4n) is 2.23. The normalized spacial score (nSPS) is 10.5. The lowest BCUT2D eigenvalue weighted by molar-refractivity contribution is 0.415. The molecule has 0 saturated heterocycles. The molecule has 3 rings (SSSR count). The van der Waals surface area contributed by atoms with Crippen LogP contribution >= 0.6 is 0 Å². The molecule has 3 aromatic rings. The monoisotopic (exact) mass is 291 g/mol. The molecular weight excluding hydrogens is 274 g/mol. The number of nitrogens with zero attached hydrogens (tertiary/aromatic N) is 2. The summed E-state index contributed by atoms with van der Waals surface area (Å²) in [6.07, 6.45) is 0. The molecule has 22 heavy (non-hydrogen) atoms. The zero-order valence-electron chi connectivity index (χ0n) is 12.4. The molecule has 1 heterocycles. The summed E-state index contributed by atoms with van der Waals surface area (Å²) in [5, 5.41) is 0. The topological polar surface area (TPSA) is 61.0 Å². The van der Waals surface area contributed by atoms with Crippen LogP contribution in [-0.2, 0) is 6.54 Å². The van der Waals surface area contributed by atoms with Crippen LogP contribution in [0.5, 0.6) is 5.75 Å². The van der Waals surface area contributed by atoms with Crippen LogP contribution < -0.4 is 10.5 Å². The van der Waals surface area contributed by atoms with Crippen molar-refractivity contribution in [3.63, 3.8) is 0 Å². The van der Waals surface area contributed by atoms with Crippen molar-refractivity contribution in [1.82, 2.24) is 9.97 Å². The molecule has 0 fully saturated rings. The second-order valence-electron chi connectivity index (χ2n) is 4.87. The van der Waals surface area contributed by atoms with Crippen LogP contribution in [0.2, 0.25) is 0 Å². The molecule has 0 atom stereocenters. The summed E-state index contributed by atoms with van der Waals surface area (Å²) in [5.41, 5.74) is 9.45. The van der Waals surface area contributed by atoms with Gasteiger partial charge < -0.3 is 10.5 Å². The average molecular weight is 291 g/mol. The van der Waals surface area contributed by atoms with E-state index in [2.05, 4.69) is 9.97 Å². The van der Waals surface area contributed by atoms with Crippen molar-refractivity contribution >= 4 is 0 Å². The summed E-state index contributed by atoms with van der Waals surface area (Å²) in [5.74, 6) is 1.51. The van der Waals surface area contributed by atoms with Crippen molar-refractivity contribution in [3.8, 4) is 28.4 Å². The van der Waals surface area contributed by atoms with Gasteiger partial charge in [-0.25, -0.2) is 9.97 Å². The van der Waals surface area contributed by atoms with Gasteiger partial charge in [0.2, 0.25) is 0 Å². The Morgan fingerprint density at radius 2 is 1.64 bits per heavy atom. The van der Waals surface area contributed by atoms with Gasteiger partial charge in [0.15, 0.2) is 5.82 Å². The third kappa shape index (κ3) is 2.97. The number of ether oxygens (including phenoxy) is 1. The molecule has 0 aliphatic heterocycles. The fourth-order valence-corrected chi connectivity index (χ4v) is 2.23. The summed E-state index contributed by atoms with van der Waals surface area (Å²) in [4.78, 5) is 9.19. The van der Waals surface area contributed by atoms with Crippen molar-refractivity contribution in [2.75, 3.05) is 7.11 Å². The van der Waals surface area contributed by atoms with E-state index >= 15 is 0 Å². The maximum Gasteiger partial charge on any atom is 0.160 e. The van der Waals surface area contributed by atoms with E-state index in [1.807, 2.05) is 60.7 Å². The molecule has 0 saturated carbocycles. The molecular formula is C18H17N3O. The first kappa shape index (κ1) is 14.2. The molecule has 2 aromatic carbocycles. The lowest BCUT2D eigenvalue weighted by Gasteiger charge is -2.08. The average Bonchev–Trinajstić information content (AvgIpc) is 2.62. The largest absolute Gasteiger partial charge is 0.497 e. The van der Waals surface area contributed by atoms with Gasteiger partial charge in [0.1, 0.15) is 5.75 Å². The van der Waals surface area contributed by atoms with Gasteiger partial charge >= 0.3 is 0 Å². The molecule has 0 aliphatic rings. The second-order valence-corrected chi connectivity index (χ2v) is 4.87. The lowest BCUT2D eigenvalue weighted by Crippen LogP contribution is -2.03. The highest BCUT2D eigenvalue weighted by atomic mass is 16.5. The van der Waals surface area contributed by atoms with Gasteiger partial charge in [-0.3, -0.25) is 0 Å². The number of methoxy groups -OCH3 is 1. The van der Waals surface area contributed by atoms with Crippen molar-refractivity contribution in [3.05, 3.63) is 66.4 Å². The number of aromatic nitrogens is 2. The molecule has 1 aromatic heterocycles. The third-order valence-corrected chi connectivity index (χ3v) is 3.41. The van der Waals surface area contributed by atoms with Gasteiger partial charge in [-0.05, 0) is 30.3 Å². The predicted octanol–water partition coefficient (Wildman–Crippen LogP) is 3.28. The molecule has 0 aliphatic carbocycles. The van der Waals surface area contributed by atoms with Crippen molar-refractivity contribution in [2.24, 2.45) is 5.73 Å². The highest BCUT2D eigenvalue weighted by Crippen LogP contribution is 2.24. The molecule has 0 radical (unpaired) electrons. The van der Waals surface area contributed by atoms with E-state index in [4.69, 9.17) is 10.5 Å². The number of hydrogen-bond acceptors (Lipinski definition) is 4. The van der Waals surface area contributed by atoms with Gasteiger partial charge in [-0.1, -0.05) is 30.3 Å². The molecule has 0 unspecified atom stereocenters. The molecule has 4 heteroatoms. The van der Waals surface area contributed by atoms with Gasteiger partial charge in [-0.2, -0.15) is 0 Å². The van der Waals surface area contributed by atoms with E-state index in [0.717, 1.165) is 28.3 Å². The zero-order valence-corrected chi connectivity index (χ0v) is 12.4. The van der Waals surface area contributed by atoms with E-state index in [9.17, 15) is 0 Å². The summed E-state index contributed by atoms with van der Waals surface area (Å²) in [6.45, 7) is 0.380. The van der Waals surface area contributed by atoms with Crippen LogP contribution in [0.1, 0.15) is 5.69 Å². The van der Waals surface area contributed by atoms with E-state index < -0.39 is 0 Å². The van der Waals surface area contributed by atoms with Gasteiger partial charge in [-0.15, -0.1) is 0 Å². The second kappa shape index (κ2) is 6.37. The number of nitrogens with two attached hydrogens (primary N) is 1. The third-order valence-electron chi connectivity index (χ3n) is 3.41. The Morgan fingerprint density at radius 1 is 0.909 bits per heavy atom. The van der Waals surface area contributed by atoms with Crippen LogP contribution in [-0.4, -0.2) is 17.1 Å². The van der Waals surface area contributed by atoms with Crippen molar-refractivity contribution in [2.45, 2.75) is 6.54 Å². The highest BCUT2D eigenvalue weighted by Gasteiger charge is 2.08. The Balaban J connectivity index is 2.07. The first-order valence-electron chi connectivity index (χ1n) is 7.08. The van der Waals surface area contributed by atoms with Crippen molar-refractivity contribution < 1.29 is 4.74 Å². The lowest BCUT2D eigenvalue weighted by atomic mass is 10.1. The Morgan fingerprint density at radius 3 is 2.27 bits per heavy atom.